The fourth-order valence-electron chi connectivity index (χ4n) is 4.77. The molecule has 34 heavy (non-hydrogen) atoms. The predicted octanol–water partition coefficient (Wildman–Crippen LogP) is 4.51. The fourth-order valence-corrected chi connectivity index (χ4v) is 5.48. The number of thiazole rings is 1. The number of carbonyl (C=O) groups is 1. The number of piperidine rings is 1. The van der Waals surface area contributed by atoms with Gasteiger partial charge in [0.05, 0.1) is 18.9 Å². The first-order valence-electron chi connectivity index (χ1n) is 11.6. The third-order valence-electron chi connectivity index (χ3n) is 6.59. The summed E-state index contributed by atoms with van der Waals surface area (Å²) in [5, 5.41) is 7.11. The first-order valence-corrected chi connectivity index (χ1v) is 12.5. The van der Waals surface area contributed by atoms with E-state index in [4.69, 9.17) is 4.74 Å². The Kier molecular flexibility index (Phi) is 10.2. The van der Waals surface area contributed by atoms with Gasteiger partial charge in [-0.25, -0.2) is 4.98 Å². The van der Waals surface area contributed by atoms with E-state index in [-0.39, 0.29) is 30.7 Å². The minimum Gasteiger partial charge on any atom is -0.379 e. The molecule has 2 N–H and O–H groups in total. The lowest BCUT2D eigenvalue weighted by atomic mass is 9.89. The summed E-state index contributed by atoms with van der Waals surface area (Å²) in [7, 11) is 0. The van der Waals surface area contributed by atoms with Crippen molar-refractivity contribution in [2.75, 3.05) is 51.3 Å². The van der Waals surface area contributed by atoms with Crippen LogP contribution in [0.2, 0.25) is 0 Å². The molecule has 2 aliphatic rings. The smallest absolute Gasteiger partial charge is 0.227 e. The van der Waals surface area contributed by atoms with Crippen molar-refractivity contribution in [2.24, 2.45) is 0 Å². The number of ether oxygens (including phenoxy) is 1. The molecule has 5 rings (SSSR count). The quantitative estimate of drug-likeness (QED) is 0.474. The number of hydrogen-bond acceptors (Lipinski definition) is 6. The van der Waals surface area contributed by atoms with Gasteiger partial charge >= 0.3 is 0 Å². The monoisotopic (exact) mass is 525 g/mol. The van der Waals surface area contributed by atoms with Crippen molar-refractivity contribution in [3.63, 3.8) is 0 Å². The van der Waals surface area contributed by atoms with Crippen LogP contribution in [-0.2, 0) is 16.1 Å². The van der Waals surface area contributed by atoms with E-state index in [0.717, 1.165) is 71.0 Å². The molecule has 0 aliphatic carbocycles. The Labute approximate surface area is 217 Å². The fraction of sp³-hybridized carbons (Fsp3) is 0.500. The van der Waals surface area contributed by atoms with Crippen LogP contribution in [0.4, 0.5) is 5.13 Å². The zero-order chi connectivity index (χ0) is 21.8. The van der Waals surface area contributed by atoms with Gasteiger partial charge in [-0.15, -0.1) is 36.2 Å². The molecule has 0 unspecified atom stereocenters. The molecular formula is C24H33Cl2N5O2S. The first kappa shape index (κ1) is 26.9. The number of amides is 1. The van der Waals surface area contributed by atoms with E-state index < -0.39 is 0 Å². The highest BCUT2D eigenvalue weighted by molar-refractivity contribution is 7.13. The third-order valence-corrected chi connectivity index (χ3v) is 7.40. The van der Waals surface area contributed by atoms with Gasteiger partial charge in [0, 0.05) is 55.1 Å². The molecule has 0 spiro atoms. The van der Waals surface area contributed by atoms with E-state index in [2.05, 4.69) is 60.9 Å². The molecular weight excluding hydrogens is 493 g/mol. The molecule has 2 aliphatic heterocycles. The number of H-pyrrole nitrogens is 1. The van der Waals surface area contributed by atoms with E-state index in [9.17, 15) is 4.79 Å². The lowest BCUT2D eigenvalue weighted by Gasteiger charge is -2.31. The van der Waals surface area contributed by atoms with E-state index in [1.807, 2.05) is 0 Å². The lowest BCUT2D eigenvalue weighted by Crippen LogP contribution is -2.38. The van der Waals surface area contributed by atoms with Gasteiger partial charge in [-0.05, 0) is 43.5 Å². The number of rotatable bonds is 7. The number of morpholine rings is 1. The van der Waals surface area contributed by atoms with Gasteiger partial charge in [0.15, 0.2) is 5.13 Å². The molecule has 2 fully saturated rings. The molecule has 0 bridgehead atoms. The summed E-state index contributed by atoms with van der Waals surface area (Å²) in [5.41, 5.74) is 3.73. The number of halogens is 2. The van der Waals surface area contributed by atoms with Crippen molar-refractivity contribution in [3.8, 4) is 0 Å². The Bertz CT molecular complexity index is 1040. The molecule has 186 valence electrons. The Morgan fingerprint density at radius 2 is 1.88 bits per heavy atom. The van der Waals surface area contributed by atoms with Gasteiger partial charge in [0.2, 0.25) is 5.91 Å². The van der Waals surface area contributed by atoms with E-state index in [1.54, 1.807) is 0 Å². The average molecular weight is 527 g/mol. The molecule has 4 heterocycles. The van der Waals surface area contributed by atoms with Crippen LogP contribution < -0.4 is 5.32 Å². The largest absolute Gasteiger partial charge is 0.379 e. The second kappa shape index (κ2) is 12.9. The number of nitrogens with zero attached hydrogens (tertiary/aromatic N) is 3. The molecule has 7 nitrogen and oxygen atoms in total. The highest BCUT2D eigenvalue weighted by atomic mass is 35.5. The molecule has 3 aromatic rings. The standard InChI is InChI=1S/C24H31N5O2S.2ClH/c30-23(7-10-28-11-13-31-14-12-28)27-24-26-19(17-32-24)16-29-8-5-18(6-9-29)21-15-25-22-4-2-1-3-20(21)22;;/h1-4,15,17-18,25H,5-14,16H2,(H,26,27,30);2*1H. The van der Waals surface area contributed by atoms with Gasteiger partial charge in [0.25, 0.3) is 0 Å². The summed E-state index contributed by atoms with van der Waals surface area (Å²) in [5.74, 6) is 0.649. The van der Waals surface area contributed by atoms with Crippen molar-refractivity contribution >= 4 is 58.1 Å². The van der Waals surface area contributed by atoms with Gasteiger partial charge in [-0.3, -0.25) is 14.6 Å². The lowest BCUT2D eigenvalue weighted by molar-refractivity contribution is -0.116. The first-order chi connectivity index (χ1) is 15.7. The number of nitrogens with one attached hydrogen (secondary N) is 2. The second-order valence-electron chi connectivity index (χ2n) is 8.74. The molecule has 1 amide bonds. The Balaban J connectivity index is 0.00000162. The van der Waals surface area contributed by atoms with Crippen molar-refractivity contribution < 1.29 is 9.53 Å². The van der Waals surface area contributed by atoms with Crippen LogP contribution in [-0.4, -0.2) is 71.6 Å². The number of carbonyl (C=O) groups excluding carboxylic acids is 1. The maximum absolute atomic E-state index is 12.3. The number of likely N-dealkylation sites (tertiary alicyclic amines) is 1. The third kappa shape index (κ3) is 6.71. The van der Waals surface area contributed by atoms with Crippen molar-refractivity contribution in [1.29, 1.82) is 0 Å². The summed E-state index contributed by atoms with van der Waals surface area (Å²) in [6.07, 6.45) is 5.02. The molecule has 0 atom stereocenters. The van der Waals surface area contributed by atoms with E-state index >= 15 is 0 Å². The number of hydrogen-bond donors (Lipinski definition) is 2. The molecule has 10 heteroatoms. The molecule has 2 saturated heterocycles. The SMILES string of the molecule is Cl.Cl.O=C(CCN1CCOCC1)Nc1nc(CN2CCC(c3c[nH]c4ccccc34)CC2)cs1. The van der Waals surface area contributed by atoms with Crippen LogP contribution in [0.1, 0.15) is 36.4 Å². The summed E-state index contributed by atoms with van der Waals surface area (Å²) in [6.45, 7) is 7.11. The van der Waals surface area contributed by atoms with E-state index in [0.29, 0.717) is 17.5 Å². The number of para-hydroxylation sites is 1. The highest BCUT2D eigenvalue weighted by Crippen LogP contribution is 2.33. The number of aromatic nitrogens is 2. The average Bonchev–Trinajstić information content (AvgIpc) is 3.46. The van der Waals surface area contributed by atoms with Gasteiger partial charge in [-0.1, -0.05) is 18.2 Å². The van der Waals surface area contributed by atoms with Crippen LogP contribution in [0.15, 0.2) is 35.8 Å². The second-order valence-corrected chi connectivity index (χ2v) is 9.59. The normalized spacial score (nSPS) is 17.8. The Hall–Kier alpha value is -1.68. The molecule has 0 radical (unpaired) electrons. The van der Waals surface area contributed by atoms with Crippen molar-refractivity contribution in [3.05, 3.63) is 47.1 Å². The predicted molar refractivity (Wildman–Crippen MR) is 143 cm³/mol. The minimum absolute atomic E-state index is 0. The number of benzene rings is 1. The zero-order valence-corrected chi connectivity index (χ0v) is 21.7. The minimum atomic E-state index is 0. The Morgan fingerprint density at radius 1 is 1.12 bits per heavy atom. The zero-order valence-electron chi connectivity index (χ0n) is 19.2. The van der Waals surface area contributed by atoms with Crippen molar-refractivity contribution in [2.45, 2.75) is 31.7 Å². The summed E-state index contributed by atoms with van der Waals surface area (Å²) < 4.78 is 5.35. The topological polar surface area (TPSA) is 73.5 Å². The summed E-state index contributed by atoms with van der Waals surface area (Å²) in [6, 6.07) is 8.57. The number of aromatic amines is 1. The Morgan fingerprint density at radius 3 is 2.68 bits per heavy atom. The van der Waals surface area contributed by atoms with Crippen LogP contribution in [0.5, 0.6) is 0 Å². The van der Waals surface area contributed by atoms with Crippen LogP contribution >= 0.6 is 36.2 Å². The maximum atomic E-state index is 12.3. The summed E-state index contributed by atoms with van der Waals surface area (Å²) >= 11 is 1.52. The van der Waals surface area contributed by atoms with Crippen molar-refractivity contribution in [1.82, 2.24) is 19.8 Å². The van der Waals surface area contributed by atoms with Gasteiger partial charge in [-0.2, -0.15) is 0 Å². The highest BCUT2D eigenvalue weighted by Gasteiger charge is 2.23. The summed E-state index contributed by atoms with van der Waals surface area (Å²) in [4.78, 5) is 25.1. The van der Waals surface area contributed by atoms with Crippen LogP contribution in [0.3, 0.4) is 0 Å². The van der Waals surface area contributed by atoms with Crippen LogP contribution in [0, 0.1) is 0 Å². The number of fused-ring (bicyclic) bond motifs is 1. The van der Waals surface area contributed by atoms with E-state index in [1.165, 1.54) is 27.8 Å². The van der Waals surface area contributed by atoms with Gasteiger partial charge in [0.1, 0.15) is 0 Å². The van der Waals surface area contributed by atoms with Crippen LogP contribution in [0.25, 0.3) is 10.9 Å². The van der Waals surface area contributed by atoms with Gasteiger partial charge < -0.3 is 15.0 Å². The molecule has 0 saturated carbocycles. The maximum Gasteiger partial charge on any atom is 0.227 e. The molecule has 2 aromatic heterocycles. The number of anilines is 1. The molecule has 1 aromatic carbocycles.